The lowest BCUT2D eigenvalue weighted by Gasteiger charge is -2.38. The maximum atomic E-state index is 13.4. The Morgan fingerprint density at radius 3 is 2.17 bits per heavy atom. The number of hydrogen-bond donors (Lipinski definition) is 1. The quantitative estimate of drug-likeness (QED) is 0.608. The fourth-order valence-electron chi connectivity index (χ4n) is 5.45. The fraction of sp³-hybridized carbons (Fsp3) is 0.522. The lowest BCUT2D eigenvalue weighted by atomic mass is 9.63. The molecule has 7 heteroatoms. The van der Waals surface area contributed by atoms with Crippen LogP contribution < -0.4 is 5.32 Å². The van der Waals surface area contributed by atoms with Crippen molar-refractivity contribution in [1.82, 2.24) is 15.1 Å². The predicted octanol–water partition coefficient (Wildman–Crippen LogP) is 1.79. The van der Waals surface area contributed by atoms with Gasteiger partial charge in [0.05, 0.1) is 25.0 Å². The highest BCUT2D eigenvalue weighted by atomic mass is 16.5. The van der Waals surface area contributed by atoms with Gasteiger partial charge in [-0.1, -0.05) is 42.5 Å². The molecule has 0 unspecified atom stereocenters. The van der Waals surface area contributed by atoms with Crippen molar-refractivity contribution in [2.45, 2.75) is 25.4 Å². The van der Waals surface area contributed by atoms with Crippen LogP contribution in [0, 0.1) is 23.7 Å². The molecule has 0 radical (unpaired) electrons. The van der Waals surface area contributed by atoms with E-state index in [0.717, 1.165) is 18.4 Å². The van der Waals surface area contributed by atoms with E-state index in [2.05, 4.69) is 17.5 Å². The van der Waals surface area contributed by atoms with E-state index < -0.39 is 6.17 Å². The minimum atomic E-state index is -0.687. The van der Waals surface area contributed by atoms with E-state index in [-0.39, 0.29) is 41.5 Å². The minimum Gasteiger partial charge on any atom is -0.378 e. The average molecular weight is 409 g/mol. The molecule has 2 saturated heterocycles. The fourth-order valence-corrected chi connectivity index (χ4v) is 5.45. The summed E-state index contributed by atoms with van der Waals surface area (Å²) < 4.78 is 5.33. The van der Waals surface area contributed by atoms with Gasteiger partial charge < -0.3 is 15.0 Å². The van der Waals surface area contributed by atoms with Crippen molar-refractivity contribution in [3.63, 3.8) is 0 Å². The van der Waals surface area contributed by atoms with Crippen LogP contribution in [0.5, 0.6) is 0 Å². The molecular weight excluding hydrogens is 382 g/mol. The second-order valence-corrected chi connectivity index (χ2v) is 8.64. The summed E-state index contributed by atoms with van der Waals surface area (Å²) in [4.78, 5) is 42.8. The summed E-state index contributed by atoms with van der Waals surface area (Å²) in [6, 6.07) is 9.43. The van der Waals surface area contributed by atoms with Gasteiger partial charge in [0.25, 0.3) is 0 Å². The number of morpholine rings is 1. The van der Waals surface area contributed by atoms with Gasteiger partial charge in [-0.05, 0) is 30.2 Å². The van der Waals surface area contributed by atoms with Gasteiger partial charge in [0.2, 0.25) is 11.8 Å². The molecule has 5 atom stereocenters. The van der Waals surface area contributed by atoms with Crippen molar-refractivity contribution in [3.05, 3.63) is 48.0 Å². The zero-order chi connectivity index (χ0) is 20.7. The molecule has 158 valence electrons. The molecule has 5 aliphatic rings. The molecule has 3 aliphatic carbocycles. The number of carbonyl (C=O) groups is 3. The monoisotopic (exact) mass is 409 g/mol. The van der Waals surface area contributed by atoms with Crippen molar-refractivity contribution in [2.24, 2.45) is 23.7 Å². The first-order chi connectivity index (χ1) is 14.6. The largest absolute Gasteiger partial charge is 0.378 e. The molecule has 1 N–H and O–H groups in total. The van der Waals surface area contributed by atoms with Gasteiger partial charge in [0.1, 0.15) is 6.17 Å². The van der Waals surface area contributed by atoms with Crippen LogP contribution in [0.15, 0.2) is 42.5 Å². The molecule has 6 rings (SSSR count). The maximum absolute atomic E-state index is 13.4. The second-order valence-electron chi connectivity index (χ2n) is 8.64. The Bertz CT molecular complexity index is 832. The highest BCUT2D eigenvalue weighted by Gasteiger charge is 2.58. The van der Waals surface area contributed by atoms with Crippen LogP contribution in [0.4, 0.5) is 4.79 Å². The number of benzene rings is 1. The first-order valence-corrected chi connectivity index (χ1v) is 10.9. The molecule has 0 spiro atoms. The molecule has 30 heavy (non-hydrogen) atoms. The number of imide groups is 1. The number of amides is 4. The summed E-state index contributed by atoms with van der Waals surface area (Å²) in [5.74, 6) is -0.554. The van der Waals surface area contributed by atoms with E-state index in [1.165, 1.54) is 4.90 Å². The topological polar surface area (TPSA) is 79.0 Å². The van der Waals surface area contributed by atoms with Crippen LogP contribution in [0.3, 0.4) is 0 Å². The SMILES string of the molecule is O=C(N[C@@H](Cc1ccccc1)N1C(=O)[C@@H]2[C@H](C1=O)[C@H]1C=C[C@H]2CC1)N1CCOCC1. The van der Waals surface area contributed by atoms with Crippen LogP contribution >= 0.6 is 0 Å². The lowest BCUT2D eigenvalue weighted by molar-refractivity contribution is -0.143. The van der Waals surface area contributed by atoms with Gasteiger partial charge in [0.15, 0.2) is 0 Å². The Hall–Kier alpha value is -2.67. The van der Waals surface area contributed by atoms with E-state index in [0.29, 0.717) is 32.7 Å². The summed E-state index contributed by atoms with van der Waals surface area (Å²) in [6.45, 7) is 2.01. The molecular formula is C23H27N3O4. The normalized spacial score (nSPS) is 31.1. The van der Waals surface area contributed by atoms with E-state index >= 15 is 0 Å². The van der Waals surface area contributed by atoms with Crippen molar-refractivity contribution >= 4 is 17.8 Å². The number of rotatable bonds is 4. The van der Waals surface area contributed by atoms with Gasteiger partial charge in [-0.2, -0.15) is 0 Å². The molecule has 2 bridgehead atoms. The van der Waals surface area contributed by atoms with Gasteiger partial charge in [-0.3, -0.25) is 14.5 Å². The third-order valence-electron chi connectivity index (χ3n) is 6.97. The van der Waals surface area contributed by atoms with E-state index in [4.69, 9.17) is 4.74 Å². The Morgan fingerprint density at radius 1 is 1.00 bits per heavy atom. The number of urea groups is 1. The van der Waals surface area contributed by atoms with E-state index in [9.17, 15) is 14.4 Å². The van der Waals surface area contributed by atoms with Gasteiger partial charge >= 0.3 is 6.03 Å². The number of fused-ring (bicyclic) bond motifs is 1. The zero-order valence-corrected chi connectivity index (χ0v) is 16.9. The number of hydrogen-bond acceptors (Lipinski definition) is 4. The summed E-state index contributed by atoms with van der Waals surface area (Å²) in [5.41, 5.74) is 0.973. The molecule has 3 fully saturated rings. The van der Waals surface area contributed by atoms with Gasteiger partial charge in [-0.15, -0.1) is 0 Å². The maximum Gasteiger partial charge on any atom is 0.319 e. The molecule has 0 aromatic heterocycles. The predicted molar refractivity (Wildman–Crippen MR) is 109 cm³/mol. The van der Waals surface area contributed by atoms with Crippen molar-refractivity contribution in [2.75, 3.05) is 26.3 Å². The van der Waals surface area contributed by atoms with Gasteiger partial charge in [0, 0.05) is 19.5 Å². The lowest BCUT2D eigenvalue weighted by Crippen LogP contribution is -2.57. The number of carbonyl (C=O) groups excluding carboxylic acids is 3. The van der Waals surface area contributed by atoms with Crippen LogP contribution in [0.1, 0.15) is 18.4 Å². The van der Waals surface area contributed by atoms with Crippen molar-refractivity contribution in [1.29, 1.82) is 0 Å². The number of likely N-dealkylation sites (tertiary alicyclic amines) is 1. The van der Waals surface area contributed by atoms with E-state index in [1.807, 2.05) is 30.3 Å². The van der Waals surface area contributed by atoms with Crippen molar-refractivity contribution in [3.8, 4) is 0 Å². The third kappa shape index (κ3) is 3.31. The Kier molecular flexibility index (Phi) is 5.06. The van der Waals surface area contributed by atoms with E-state index in [1.54, 1.807) is 4.90 Å². The van der Waals surface area contributed by atoms with Crippen LogP contribution in [0.25, 0.3) is 0 Å². The van der Waals surface area contributed by atoms with Crippen LogP contribution in [0.2, 0.25) is 0 Å². The van der Waals surface area contributed by atoms with Crippen LogP contribution in [-0.2, 0) is 20.7 Å². The number of nitrogens with one attached hydrogen (secondary N) is 1. The summed E-state index contributed by atoms with van der Waals surface area (Å²) in [6.07, 6.45) is 5.85. The molecule has 1 aromatic rings. The zero-order valence-electron chi connectivity index (χ0n) is 16.9. The van der Waals surface area contributed by atoms with Gasteiger partial charge in [-0.25, -0.2) is 4.79 Å². The smallest absolute Gasteiger partial charge is 0.319 e. The molecule has 1 saturated carbocycles. The average Bonchev–Trinajstić information content (AvgIpc) is 3.08. The summed E-state index contributed by atoms with van der Waals surface area (Å²) >= 11 is 0. The highest BCUT2D eigenvalue weighted by Crippen LogP contribution is 2.50. The first kappa shape index (κ1) is 19.3. The second kappa shape index (κ2) is 7.87. The molecule has 2 aliphatic heterocycles. The molecule has 7 nitrogen and oxygen atoms in total. The van der Waals surface area contributed by atoms with Crippen LogP contribution in [-0.4, -0.2) is 60.1 Å². The Morgan fingerprint density at radius 2 is 1.60 bits per heavy atom. The highest BCUT2D eigenvalue weighted by molar-refractivity contribution is 6.06. The molecule has 2 heterocycles. The standard InChI is InChI=1S/C23H27N3O4/c27-21-19-16-6-7-17(9-8-16)20(19)22(28)26(21)18(14-15-4-2-1-3-5-15)24-23(29)25-10-12-30-13-11-25/h1-7,16-20H,8-14H2,(H,24,29)/t16-,17-,18+,19-,20+/m0/s1. The van der Waals surface area contributed by atoms with Crippen molar-refractivity contribution < 1.29 is 19.1 Å². The number of nitrogens with zero attached hydrogens (tertiary/aromatic N) is 2. The summed E-state index contributed by atoms with van der Waals surface area (Å²) in [5, 5.41) is 2.99. The minimum absolute atomic E-state index is 0.132. The first-order valence-electron chi connectivity index (χ1n) is 10.9. The Balaban J connectivity index is 1.41. The number of ether oxygens (including phenoxy) is 1. The Labute approximate surface area is 176 Å². The molecule has 4 amide bonds. The summed E-state index contributed by atoms with van der Waals surface area (Å²) in [7, 11) is 0. The number of allylic oxidation sites excluding steroid dienone is 2. The molecule has 1 aromatic carbocycles. The third-order valence-corrected chi connectivity index (χ3v) is 6.97.